The lowest BCUT2D eigenvalue weighted by Gasteiger charge is -2.35. The van der Waals surface area contributed by atoms with Crippen molar-refractivity contribution in [2.45, 2.75) is 19.4 Å². The van der Waals surface area contributed by atoms with E-state index in [1.54, 1.807) is 24.8 Å². The van der Waals surface area contributed by atoms with Crippen LogP contribution in [0.25, 0.3) is 21.3 Å². The Morgan fingerprint density at radius 2 is 2.00 bits per heavy atom. The molecule has 33 heavy (non-hydrogen) atoms. The van der Waals surface area contributed by atoms with Crippen LogP contribution in [-0.2, 0) is 16.1 Å². The highest BCUT2D eigenvalue weighted by Crippen LogP contribution is 2.31. The molecule has 1 aliphatic rings. The van der Waals surface area contributed by atoms with Crippen LogP contribution in [0.3, 0.4) is 0 Å². The van der Waals surface area contributed by atoms with E-state index < -0.39 is 0 Å². The molecule has 3 aromatic heterocycles. The molecule has 0 unspecified atom stereocenters. The number of rotatable bonds is 8. The van der Waals surface area contributed by atoms with Crippen LogP contribution in [-0.4, -0.2) is 75.8 Å². The minimum absolute atomic E-state index is 0.146. The number of benzene rings is 1. The molecule has 0 atom stereocenters. The van der Waals surface area contributed by atoms with Crippen LogP contribution in [0.15, 0.2) is 36.7 Å². The van der Waals surface area contributed by atoms with E-state index in [-0.39, 0.29) is 5.91 Å². The van der Waals surface area contributed by atoms with E-state index in [4.69, 9.17) is 9.57 Å². The molecular weight excluding hydrogens is 442 g/mol. The number of methoxy groups -OCH3 is 1. The maximum absolute atomic E-state index is 12.7. The van der Waals surface area contributed by atoms with E-state index in [1.165, 1.54) is 4.85 Å². The largest absolute Gasteiger partial charge is 0.395 e. The summed E-state index contributed by atoms with van der Waals surface area (Å²) in [4.78, 5) is 34.9. The zero-order valence-electron chi connectivity index (χ0n) is 18.4. The number of carbonyl (C=O) groups is 1. The third-order valence-corrected chi connectivity index (χ3v) is 6.66. The van der Waals surface area contributed by atoms with Crippen LogP contribution < -0.4 is 9.74 Å². The van der Waals surface area contributed by atoms with Gasteiger partial charge in [0.2, 0.25) is 5.91 Å². The number of anilines is 1. The van der Waals surface area contributed by atoms with Gasteiger partial charge < -0.3 is 19.4 Å². The van der Waals surface area contributed by atoms with Crippen molar-refractivity contribution >= 4 is 44.3 Å². The summed E-state index contributed by atoms with van der Waals surface area (Å²) in [6.45, 7) is 3.81. The molecule has 4 heterocycles. The lowest BCUT2D eigenvalue weighted by Crippen LogP contribution is -2.49. The predicted molar refractivity (Wildman–Crippen MR) is 125 cm³/mol. The number of fused-ring (bicyclic) bond motifs is 2. The summed E-state index contributed by atoms with van der Waals surface area (Å²) in [6, 6.07) is 9.72. The molecule has 4 aromatic rings. The molecule has 0 radical (unpaired) electrons. The smallest absolute Gasteiger partial charge is 0.222 e. The first-order valence-corrected chi connectivity index (χ1v) is 11.7. The van der Waals surface area contributed by atoms with E-state index in [2.05, 4.69) is 31.2 Å². The molecule has 10 nitrogen and oxygen atoms in total. The van der Waals surface area contributed by atoms with Gasteiger partial charge in [0.25, 0.3) is 0 Å². The molecule has 0 bridgehead atoms. The van der Waals surface area contributed by atoms with Gasteiger partial charge in [-0.15, -0.1) is 16.4 Å². The lowest BCUT2D eigenvalue weighted by atomic mass is 10.2. The first-order chi connectivity index (χ1) is 16.2. The fourth-order valence-electron chi connectivity index (χ4n) is 4.00. The number of hydrogen-bond donors (Lipinski definition) is 0. The van der Waals surface area contributed by atoms with E-state index in [1.807, 2.05) is 29.2 Å². The second-order valence-corrected chi connectivity index (χ2v) is 8.93. The lowest BCUT2D eigenvalue weighted by molar-refractivity contribution is -0.131. The second kappa shape index (κ2) is 9.67. The van der Waals surface area contributed by atoms with E-state index in [0.29, 0.717) is 39.1 Å². The number of ether oxygens (including phenoxy) is 1. The highest BCUT2D eigenvalue weighted by atomic mass is 32.1. The maximum Gasteiger partial charge on any atom is 0.222 e. The second-order valence-electron chi connectivity index (χ2n) is 7.82. The van der Waals surface area contributed by atoms with Crippen molar-refractivity contribution in [1.29, 1.82) is 0 Å². The molecule has 0 N–H and O–H groups in total. The third-order valence-electron chi connectivity index (χ3n) is 5.65. The van der Waals surface area contributed by atoms with Crippen molar-refractivity contribution in [2.24, 2.45) is 0 Å². The average Bonchev–Trinajstić information content (AvgIpc) is 3.45. The molecular formula is C22H25N7O3S. The van der Waals surface area contributed by atoms with Crippen molar-refractivity contribution in [3.8, 4) is 0 Å². The topological polar surface area (TPSA) is 98.5 Å². The summed E-state index contributed by atoms with van der Waals surface area (Å²) in [5.74, 6) is 1.08. The highest BCUT2D eigenvalue weighted by Gasteiger charge is 2.23. The Kier molecular flexibility index (Phi) is 6.31. The van der Waals surface area contributed by atoms with Crippen molar-refractivity contribution in [3.05, 3.63) is 41.5 Å². The van der Waals surface area contributed by atoms with Crippen molar-refractivity contribution in [3.63, 3.8) is 0 Å². The predicted octanol–water partition coefficient (Wildman–Crippen LogP) is 2.14. The van der Waals surface area contributed by atoms with Crippen molar-refractivity contribution in [2.75, 3.05) is 44.8 Å². The van der Waals surface area contributed by atoms with Crippen LogP contribution in [0, 0.1) is 0 Å². The highest BCUT2D eigenvalue weighted by molar-refractivity contribution is 7.18. The van der Waals surface area contributed by atoms with E-state index in [0.717, 1.165) is 45.0 Å². The van der Waals surface area contributed by atoms with E-state index in [9.17, 15) is 4.79 Å². The fraction of sp³-hybridized carbons (Fsp3) is 0.409. The van der Waals surface area contributed by atoms with Crippen LogP contribution >= 0.6 is 11.3 Å². The Hall–Kier alpha value is -3.31. The number of para-hydroxylation sites is 1. The molecule has 172 valence electrons. The van der Waals surface area contributed by atoms with Gasteiger partial charge in [-0.25, -0.2) is 9.97 Å². The van der Waals surface area contributed by atoms with Crippen LogP contribution in [0.4, 0.5) is 5.82 Å². The van der Waals surface area contributed by atoms with E-state index >= 15 is 0 Å². The van der Waals surface area contributed by atoms with Gasteiger partial charge in [-0.3, -0.25) is 4.79 Å². The molecule has 1 aliphatic heterocycles. The molecule has 1 amide bonds. The van der Waals surface area contributed by atoms with Gasteiger partial charge in [-0.05, 0) is 29.8 Å². The van der Waals surface area contributed by atoms with Crippen molar-refractivity contribution in [1.82, 2.24) is 30.0 Å². The summed E-state index contributed by atoms with van der Waals surface area (Å²) in [7, 11) is 1.69. The first kappa shape index (κ1) is 21.5. The fourth-order valence-corrected chi connectivity index (χ4v) is 4.96. The summed E-state index contributed by atoms with van der Waals surface area (Å²) < 4.78 is 5.25. The number of piperazine rings is 1. The standard InChI is InChI=1S/C22H25N7O3S/c1-31-14-16-13-17-21(23-15-24-22(17)33-16)28-10-8-27(9-11-28)20(30)7-4-12-32-29-19-6-3-2-5-18(19)25-26-29/h2-3,5-6,13,15H,4,7-12,14H2,1H3. The number of hydrogen-bond acceptors (Lipinski definition) is 9. The summed E-state index contributed by atoms with van der Waals surface area (Å²) in [6.07, 6.45) is 2.67. The van der Waals surface area contributed by atoms with Crippen LogP contribution in [0.2, 0.25) is 0 Å². The molecule has 1 fully saturated rings. The van der Waals surface area contributed by atoms with Crippen molar-refractivity contribution < 1.29 is 14.4 Å². The Labute approximate surface area is 194 Å². The molecule has 0 spiro atoms. The summed E-state index contributed by atoms with van der Waals surface area (Å²) >= 11 is 1.63. The normalized spacial score (nSPS) is 14.3. The minimum Gasteiger partial charge on any atom is -0.395 e. The Morgan fingerprint density at radius 3 is 2.85 bits per heavy atom. The monoisotopic (exact) mass is 467 g/mol. The minimum atomic E-state index is 0.146. The quantitative estimate of drug-likeness (QED) is 0.364. The van der Waals surface area contributed by atoms with Gasteiger partial charge in [0, 0.05) is 44.6 Å². The Balaban J connectivity index is 1.11. The SMILES string of the molecule is COCc1cc2c(N3CCN(C(=O)CCCOn4nnc5ccccc54)CC3)ncnc2s1. The number of carbonyl (C=O) groups excluding carboxylic acids is 1. The molecule has 0 aliphatic carbocycles. The molecule has 0 saturated carbocycles. The number of amides is 1. The maximum atomic E-state index is 12.7. The van der Waals surface area contributed by atoms with Gasteiger partial charge >= 0.3 is 0 Å². The summed E-state index contributed by atoms with van der Waals surface area (Å²) in [5, 5.41) is 9.11. The molecule has 5 rings (SSSR count). The summed E-state index contributed by atoms with van der Waals surface area (Å²) in [5.41, 5.74) is 1.60. The first-order valence-electron chi connectivity index (χ1n) is 10.9. The number of thiophene rings is 1. The Bertz CT molecular complexity index is 1250. The van der Waals surface area contributed by atoms with Crippen LogP contribution in [0.1, 0.15) is 17.7 Å². The molecule has 11 heteroatoms. The zero-order chi connectivity index (χ0) is 22.6. The third kappa shape index (κ3) is 4.60. The molecule has 1 saturated heterocycles. The zero-order valence-corrected chi connectivity index (χ0v) is 19.2. The number of nitrogens with zero attached hydrogens (tertiary/aromatic N) is 7. The van der Waals surface area contributed by atoms with Gasteiger partial charge in [0.15, 0.2) is 0 Å². The van der Waals surface area contributed by atoms with Gasteiger partial charge in [-0.2, -0.15) is 0 Å². The van der Waals surface area contributed by atoms with Crippen LogP contribution in [0.5, 0.6) is 0 Å². The average molecular weight is 468 g/mol. The number of aromatic nitrogens is 5. The van der Waals surface area contributed by atoms with Gasteiger partial charge in [0.1, 0.15) is 34.6 Å². The Morgan fingerprint density at radius 1 is 1.15 bits per heavy atom. The van der Waals surface area contributed by atoms with Gasteiger partial charge in [0.05, 0.1) is 12.0 Å². The molecule has 1 aromatic carbocycles. The van der Waals surface area contributed by atoms with Gasteiger partial charge in [-0.1, -0.05) is 17.0 Å².